The maximum atomic E-state index is 14.8. The molecule has 0 spiro atoms. The number of anilines is 1. The molecule has 3 saturated carbocycles. The van der Waals surface area contributed by atoms with Gasteiger partial charge in [0, 0.05) is 61.9 Å². The first-order valence-electron chi connectivity index (χ1n) is 17.4. The number of nitrogens with zero attached hydrogens (tertiary/aromatic N) is 6. The predicted octanol–water partition coefficient (Wildman–Crippen LogP) is 6.08. The van der Waals surface area contributed by atoms with Gasteiger partial charge in [-0.25, -0.2) is 14.4 Å². The third kappa shape index (κ3) is 6.30. The van der Waals surface area contributed by atoms with E-state index in [2.05, 4.69) is 36.0 Å². The Labute approximate surface area is 286 Å². The fourth-order valence-corrected chi connectivity index (χ4v) is 8.22. The number of hydrogen-bond donors (Lipinski definition) is 2. The number of nitrogens with one attached hydrogen (secondary N) is 1. The number of rotatable bonds is 7. The topological polar surface area (TPSA) is 108 Å². The maximum absolute atomic E-state index is 14.8. The van der Waals surface area contributed by atoms with Gasteiger partial charge in [-0.05, 0) is 91.3 Å². The number of guanidine groups is 1. The van der Waals surface area contributed by atoms with Crippen LogP contribution in [0.25, 0.3) is 22.3 Å². The highest BCUT2D eigenvalue weighted by Crippen LogP contribution is 2.61. The molecule has 0 radical (unpaired) electrons. The highest BCUT2D eigenvalue weighted by atomic mass is 19.1. The van der Waals surface area contributed by atoms with Crippen LogP contribution in [-0.4, -0.2) is 74.5 Å². The van der Waals surface area contributed by atoms with E-state index in [-0.39, 0.29) is 30.0 Å². The van der Waals surface area contributed by atoms with Gasteiger partial charge in [0.25, 0.3) is 5.56 Å². The Bertz CT molecular complexity index is 1930. The van der Waals surface area contributed by atoms with Gasteiger partial charge in [-0.15, -0.1) is 0 Å². The second-order valence-electron chi connectivity index (χ2n) is 14.6. The van der Waals surface area contributed by atoms with E-state index >= 15 is 0 Å². The Morgan fingerprint density at radius 1 is 1.14 bits per heavy atom. The Morgan fingerprint density at radius 3 is 2.67 bits per heavy atom. The van der Waals surface area contributed by atoms with E-state index in [1.54, 1.807) is 35.2 Å². The standard InChI is InChI=1S/C38H46FN7O3/c1-23-22-44(15-16-46(23)48)37(43-33-18-27-17-31(24(33)2)38(27,3)4)41-28-9-11-30-34(19-28)42-35(26-7-6-13-40-21-26)45(36(30)47)14-12-25-8-10-29(49-5)20-32(25)39/h6-11,13,19-21,23-24,27,31,33,48H,12,14-18,22H2,1-5H3,(H,41,43)/t23-,24-,27-,31+,33?/m0/s1. The molecule has 4 aromatic rings. The molecule has 258 valence electrons. The Morgan fingerprint density at radius 2 is 1.98 bits per heavy atom. The first-order valence-corrected chi connectivity index (χ1v) is 17.4. The third-order valence-electron chi connectivity index (χ3n) is 11.5. The average Bonchev–Trinajstić information content (AvgIpc) is 3.10. The number of pyridine rings is 1. The number of hydroxylamine groups is 2. The van der Waals surface area contributed by atoms with E-state index in [1.807, 2.05) is 31.2 Å². The van der Waals surface area contributed by atoms with Crippen LogP contribution < -0.4 is 15.6 Å². The van der Waals surface area contributed by atoms with Gasteiger partial charge in [0.1, 0.15) is 17.4 Å². The molecule has 2 bridgehead atoms. The molecule has 2 aromatic heterocycles. The molecule has 11 heteroatoms. The molecule has 49 heavy (non-hydrogen) atoms. The average molecular weight is 668 g/mol. The van der Waals surface area contributed by atoms with E-state index in [0.29, 0.717) is 82.8 Å². The summed E-state index contributed by atoms with van der Waals surface area (Å²) in [5, 5.41) is 15.8. The van der Waals surface area contributed by atoms with Gasteiger partial charge in [-0.2, -0.15) is 5.06 Å². The molecule has 8 rings (SSSR count). The smallest absolute Gasteiger partial charge is 0.261 e. The number of fused-ring (bicyclic) bond motifs is 3. The molecule has 4 fully saturated rings. The second kappa shape index (κ2) is 13.2. The molecule has 2 aromatic carbocycles. The number of halogens is 1. The largest absolute Gasteiger partial charge is 0.497 e. The molecule has 1 saturated heterocycles. The predicted molar refractivity (Wildman–Crippen MR) is 189 cm³/mol. The van der Waals surface area contributed by atoms with Gasteiger partial charge >= 0.3 is 0 Å². The summed E-state index contributed by atoms with van der Waals surface area (Å²) in [7, 11) is 1.50. The van der Waals surface area contributed by atoms with Gasteiger partial charge in [-0.3, -0.25) is 14.3 Å². The number of aromatic nitrogens is 3. The molecule has 10 nitrogen and oxygen atoms in total. The van der Waals surface area contributed by atoms with Crippen LogP contribution in [-0.2, 0) is 13.0 Å². The minimum atomic E-state index is -0.379. The van der Waals surface area contributed by atoms with Gasteiger partial charge in [0.2, 0.25) is 0 Å². The quantitative estimate of drug-likeness (QED) is 0.180. The second-order valence-corrected chi connectivity index (χ2v) is 14.6. The molecule has 2 N–H and O–H groups in total. The van der Waals surface area contributed by atoms with Crippen LogP contribution in [0.1, 0.15) is 46.1 Å². The van der Waals surface area contributed by atoms with Crippen LogP contribution in [0.5, 0.6) is 5.75 Å². The zero-order valence-electron chi connectivity index (χ0n) is 28.9. The molecular formula is C38H46FN7O3. The lowest BCUT2D eigenvalue weighted by Crippen LogP contribution is -2.57. The number of hydrogen-bond acceptors (Lipinski definition) is 7. The number of ether oxygens (including phenoxy) is 1. The maximum Gasteiger partial charge on any atom is 0.261 e. The molecule has 1 aliphatic heterocycles. The van der Waals surface area contributed by atoms with Gasteiger partial charge < -0.3 is 20.2 Å². The summed E-state index contributed by atoms with van der Waals surface area (Å²) >= 11 is 0. The fourth-order valence-electron chi connectivity index (χ4n) is 8.22. The summed E-state index contributed by atoms with van der Waals surface area (Å²) in [5.74, 6) is 3.13. The van der Waals surface area contributed by atoms with Crippen LogP contribution in [0.2, 0.25) is 0 Å². The van der Waals surface area contributed by atoms with Crippen molar-refractivity contribution in [1.29, 1.82) is 0 Å². The summed E-state index contributed by atoms with van der Waals surface area (Å²) in [6.45, 7) is 11.2. The van der Waals surface area contributed by atoms with Crippen LogP contribution >= 0.6 is 0 Å². The fraction of sp³-hybridized carbons (Fsp3) is 0.474. The van der Waals surface area contributed by atoms with Crippen molar-refractivity contribution in [2.24, 2.45) is 28.2 Å². The molecule has 1 unspecified atom stereocenters. The molecule has 0 amide bonds. The monoisotopic (exact) mass is 667 g/mol. The molecule has 5 atom stereocenters. The van der Waals surface area contributed by atoms with Gasteiger partial charge in [-0.1, -0.05) is 26.8 Å². The highest BCUT2D eigenvalue weighted by molar-refractivity contribution is 5.96. The molecule has 4 aliphatic rings. The van der Waals surface area contributed by atoms with E-state index in [4.69, 9.17) is 14.7 Å². The lowest BCUT2D eigenvalue weighted by Gasteiger charge is -2.61. The van der Waals surface area contributed by atoms with E-state index in [1.165, 1.54) is 24.7 Å². The van der Waals surface area contributed by atoms with Crippen molar-refractivity contribution in [2.45, 2.75) is 65.6 Å². The first kappa shape index (κ1) is 33.2. The van der Waals surface area contributed by atoms with Crippen LogP contribution in [0.15, 0.2) is 70.7 Å². The number of piperazine rings is 1. The number of methoxy groups -OCH3 is 1. The summed E-state index contributed by atoms with van der Waals surface area (Å²) in [5.41, 5.74) is 2.66. The lowest BCUT2D eigenvalue weighted by atomic mass is 9.45. The zero-order valence-corrected chi connectivity index (χ0v) is 28.9. The number of benzene rings is 2. The Kier molecular flexibility index (Phi) is 8.91. The Hall–Kier alpha value is -4.35. The molecule has 3 aliphatic carbocycles. The summed E-state index contributed by atoms with van der Waals surface area (Å²) < 4.78 is 21.6. The summed E-state index contributed by atoms with van der Waals surface area (Å²) in [6.07, 6.45) is 6.01. The highest BCUT2D eigenvalue weighted by Gasteiger charge is 2.56. The third-order valence-corrected chi connectivity index (χ3v) is 11.5. The van der Waals surface area contributed by atoms with Crippen molar-refractivity contribution < 1.29 is 14.3 Å². The summed E-state index contributed by atoms with van der Waals surface area (Å²) in [4.78, 5) is 31.0. The first-order chi connectivity index (χ1) is 23.5. The van der Waals surface area contributed by atoms with E-state index in [0.717, 1.165) is 18.1 Å². The van der Waals surface area contributed by atoms with Crippen LogP contribution in [0.3, 0.4) is 0 Å². The van der Waals surface area contributed by atoms with Gasteiger partial charge in [0.05, 0.1) is 24.1 Å². The minimum Gasteiger partial charge on any atom is -0.497 e. The minimum absolute atomic E-state index is 0.0398. The van der Waals surface area contributed by atoms with Crippen molar-refractivity contribution in [1.82, 2.24) is 24.5 Å². The normalized spacial score (nSPS) is 25.2. The lowest BCUT2D eigenvalue weighted by molar-refractivity contribution is -0.142. The Balaban J connectivity index is 1.23. The van der Waals surface area contributed by atoms with Crippen molar-refractivity contribution in [2.75, 3.05) is 32.1 Å². The van der Waals surface area contributed by atoms with E-state index < -0.39 is 0 Å². The summed E-state index contributed by atoms with van der Waals surface area (Å²) in [6, 6.07) is 14.2. The number of aryl methyl sites for hydroxylation is 1. The molecular weight excluding hydrogens is 621 g/mol. The van der Waals surface area contributed by atoms with E-state index in [9.17, 15) is 14.4 Å². The van der Waals surface area contributed by atoms with Gasteiger partial charge in [0.15, 0.2) is 5.96 Å². The van der Waals surface area contributed by atoms with Crippen molar-refractivity contribution >= 4 is 22.5 Å². The van der Waals surface area contributed by atoms with Crippen LogP contribution in [0, 0.1) is 29.0 Å². The number of aliphatic imine (C=N–C) groups is 1. The van der Waals surface area contributed by atoms with Crippen molar-refractivity contribution in [3.05, 3.63) is 82.7 Å². The SMILES string of the molecule is COc1ccc(CCn2c(-c3cccnc3)nc3cc(NC(=NC4C[C@@H]5C[C@H]([C@@H]4C)C5(C)C)N4CCN(O)[C@@H](C)C4)ccc3c2=O)c(F)c1. The van der Waals surface area contributed by atoms with Crippen molar-refractivity contribution in [3.63, 3.8) is 0 Å². The van der Waals surface area contributed by atoms with Crippen molar-refractivity contribution in [3.8, 4) is 17.1 Å². The zero-order chi connectivity index (χ0) is 34.4. The van der Waals surface area contributed by atoms with Crippen LogP contribution in [0.4, 0.5) is 10.1 Å². The molecule has 3 heterocycles.